The molecule has 0 saturated carbocycles. The number of benzene rings is 1. The number of hydrogen-bond donors (Lipinski definition) is 1. The summed E-state index contributed by atoms with van der Waals surface area (Å²) in [5, 5.41) is 17.9. The Labute approximate surface area is 120 Å². The summed E-state index contributed by atoms with van der Waals surface area (Å²) in [4.78, 5) is 15.3. The lowest BCUT2D eigenvalue weighted by Crippen LogP contribution is -2.04. The topological polar surface area (TPSA) is 83.2 Å². The van der Waals surface area contributed by atoms with Crippen LogP contribution in [-0.4, -0.2) is 16.1 Å². The number of aromatic carboxylic acids is 1. The number of carboxylic acids is 1. The Morgan fingerprint density at radius 2 is 2.05 bits per heavy atom. The van der Waals surface area contributed by atoms with Gasteiger partial charge in [0.05, 0.1) is 22.9 Å². The highest BCUT2D eigenvalue weighted by Gasteiger charge is 2.21. The molecule has 1 aliphatic carbocycles. The third-order valence-corrected chi connectivity index (χ3v) is 3.20. The van der Waals surface area contributed by atoms with Crippen molar-refractivity contribution in [3.05, 3.63) is 64.7 Å². The van der Waals surface area contributed by atoms with Crippen molar-refractivity contribution in [1.82, 2.24) is 4.98 Å². The molecule has 0 fully saturated rings. The smallest absolute Gasteiger partial charge is 0.336 e. The van der Waals surface area contributed by atoms with Gasteiger partial charge in [-0.3, -0.25) is 4.98 Å². The van der Waals surface area contributed by atoms with Crippen LogP contribution in [0.25, 0.3) is 6.08 Å². The molecule has 0 unspecified atom stereocenters. The first kappa shape index (κ1) is 12.9. The van der Waals surface area contributed by atoms with Crippen LogP contribution in [0.2, 0.25) is 0 Å². The molecule has 2 aromatic rings. The van der Waals surface area contributed by atoms with Crippen LogP contribution < -0.4 is 4.74 Å². The van der Waals surface area contributed by atoms with Gasteiger partial charge >= 0.3 is 5.97 Å². The molecule has 1 heterocycles. The van der Waals surface area contributed by atoms with Gasteiger partial charge in [-0.1, -0.05) is 0 Å². The third-order valence-electron chi connectivity index (χ3n) is 3.20. The first-order chi connectivity index (χ1) is 10.2. The number of carbonyl (C=O) groups is 1. The van der Waals surface area contributed by atoms with Gasteiger partial charge in [-0.05, 0) is 35.9 Å². The Morgan fingerprint density at radius 1 is 1.29 bits per heavy atom. The molecule has 0 amide bonds. The fourth-order valence-electron chi connectivity index (χ4n) is 2.21. The summed E-state index contributed by atoms with van der Waals surface area (Å²) in [7, 11) is 0. The summed E-state index contributed by atoms with van der Waals surface area (Å²) in [6.45, 7) is 0. The third kappa shape index (κ3) is 2.47. The molecule has 0 spiro atoms. The monoisotopic (exact) mass is 278 g/mol. The Kier molecular flexibility index (Phi) is 3.13. The predicted octanol–water partition coefficient (Wildman–Crippen LogP) is 2.63. The molecule has 5 heteroatoms. The van der Waals surface area contributed by atoms with Gasteiger partial charge in [0.15, 0.2) is 0 Å². The molecule has 102 valence electrons. The van der Waals surface area contributed by atoms with E-state index in [9.17, 15) is 4.79 Å². The average Bonchev–Trinajstić information content (AvgIpc) is 2.89. The highest BCUT2D eigenvalue weighted by molar-refractivity contribution is 5.91. The Morgan fingerprint density at radius 3 is 2.71 bits per heavy atom. The Balaban J connectivity index is 1.82. The van der Waals surface area contributed by atoms with Crippen LogP contribution in [0.1, 0.15) is 27.2 Å². The number of fused-ring (bicyclic) bond motifs is 1. The number of hydrogen-bond acceptors (Lipinski definition) is 4. The highest BCUT2D eigenvalue weighted by atomic mass is 16.5. The Hall–Kier alpha value is -3.13. The van der Waals surface area contributed by atoms with E-state index in [-0.39, 0.29) is 5.56 Å². The molecule has 0 radical (unpaired) electrons. The second-order valence-corrected chi connectivity index (χ2v) is 4.55. The second kappa shape index (κ2) is 5.10. The van der Waals surface area contributed by atoms with Crippen LogP contribution in [0.5, 0.6) is 5.75 Å². The Bertz CT molecular complexity index is 786. The molecular formula is C16H10N2O3. The fourth-order valence-corrected chi connectivity index (χ4v) is 2.21. The van der Waals surface area contributed by atoms with E-state index in [1.807, 2.05) is 6.07 Å². The van der Waals surface area contributed by atoms with Gasteiger partial charge in [-0.2, -0.15) is 5.26 Å². The molecule has 21 heavy (non-hydrogen) atoms. The predicted molar refractivity (Wildman–Crippen MR) is 74.7 cm³/mol. The molecule has 0 atom stereocenters. The van der Waals surface area contributed by atoms with Crippen LogP contribution in [0.15, 0.2) is 42.3 Å². The molecule has 0 saturated heterocycles. The molecular weight excluding hydrogens is 268 g/mol. The zero-order valence-electron chi connectivity index (χ0n) is 10.9. The summed E-state index contributed by atoms with van der Waals surface area (Å²) < 4.78 is 5.71. The number of carboxylic acid groups (broad SMARTS) is 1. The maximum Gasteiger partial charge on any atom is 0.336 e. The maximum absolute atomic E-state index is 11.2. The van der Waals surface area contributed by atoms with E-state index < -0.39 is 5.97 Å². The number of ether oxygens (including phenoxy) is 1. The van der Waals surface area contributed by atoms with Crippen LogP contribution in [0, 0.1) is 11.3 Å². The molecule has 1 aromatic carbocycles. The van der Waals surface area contributed by atoms with Crippen molar-refractivity contribution in [2.24, 2.45) is 0 Å². The zero-order chi connectivity index (χ0) is 14.8. The van der Waals surface area contributed by atoms with Gasteiger partial charge in [-0.25, -0.2) is 4.79 Å². The lowest BCUT2D eigenvalue weighted by molar-refractivity contribution is 0.0695. The van der Waals surface area contributed by atoms with Gasteiger partial charge in [0, 0.05) is 18.7 Å². The minimum Gasteiger partial charge on any atom is -0.478 e. The molecule has 1 N–H and O–H groups in total. The molecule has 0 aliphatic heterocycles. The van der Waals surface area contributed by atoms with Gasteiger partial charge in [0.1, 0.15) is 11.5 Å². The van der Waals surface area contributed by atoms with E-state index in [1.165, 1.54) is 12.3 Å². The van der Waals surface area contributed by atoms with Crippen molar-refractivity contribution in [1.29, 1.82) is 5.26 Å². The van der Waals surface area contributed by atoms with E-state index >= 15 is 0 Å². The normalized spacial score (nSPS) is 12.2. The van der Waals surface area contributed by atoms with Crippen molar-refractivity contribution in [2.75, 3.05) is 0 Å². The van der Waals surface area contributed by atoms with Gasteiger partial charge in [-0.15, -0.1) is 0 Å². The summed E-state index contributed by atoms with van der Waals surface area (Å²) >= 11 is 0. The van der Waals surface area contributed by atoms with Crippen LogP contribution in [0.4, 0.5) is 0 Å². The molecule has 1 aromatic heterocycles. The summed E-state index contributed by atoms with van der Waals surface area (Å²) in [6.07, 6.45) is 3.61. The van der Waals surface area contributed by atoms with Crippen molar-refractivity contribution in [3.63, 3.8) is 0 Å². The fraction of sp³-hybridized carbons (Fsp3) is 0.0625. The van der Waals surface area contributed by atoms with E-state index in [4.69, 9.17) is 15.1 Å². The average molecular weight is 278 g/mol. The number of allylic oxidation sites excluding steroid dienone is 1. The summed E-state index contributed by atoms with van der Waals surface area (Å²) in [5.41, 5.74) is 2.09. The number of aromatic nitrogens is 1. The number of nitrogens with zero attached hydrogens (tertiary/aromatic N) is 2. The van der Waals surface area contributed by atoms with Crippen LogP contribution in [-0.2, 0) is 6.42 Å². The minimum atomic E-state index is -0.971. The lowest BCUT2D eigenvalue weighted by atomic mass is 10.1. The van der Waals surface area contributed by atoms with Gasteiger partial charge < -0.3 is 9.84 Å². The van der Waals surface area contributed by atoms with Crippen molar-refractivity contribution >= 4 is 12.0 Å². The van der Waals surface area contributed by atoms with E-state index in [2.05, 4.69) is 4.98 Å². The largest absolute Gasteiger partial charge is 0.478 e. The quantitative estimate of drug-likeness (QED) is 0.933. The first-order valence-electron chi connectivity index (χ1n) is 6.27. The second-order valence-electron chi connectivity index (χ2n) is 4.55. The van der Waals surface area contributed by atoms with E-state index in [0.717, 1.165) is 0 Å². The molecule has 1 aliphatic rings. The van der Waals surface area contributed by atoms with Gasteiger partial charge in [0.25, 0.3) is 0 Å². The standard InChI is InChI=1S/C16H10N2O3/c17-9-10-1-3-11(4-2-10)21-12-7-14-13(16(19)20)5-6-18-15(14)8-12/h1-6,8H,7H2,(H,19,20). The molecule has 0 bridgehead atoms. The maximum atomic E-state index is 11.2. The summed E-state index contributed by atoms with van der Waals surface area (Å²) in [5.74, 6) is 0.266. The number of rotatable bonds is 3. The van der Waals surface area contributed by atoms with Gasteiger partial charge in [0.2, 0.25) is 0 Å². The van der Waals surface area contributed by atoms with Crippen molar-refractivity contribution < 1.29 is 14.6 Å². The number of pyridine rings is 1. The first-order valence-corrected chi connectivity index (χ1v) is 6.27. The molecule has 5 nitrogen and oxygen atoms in total. The minimum absolute atomic E-state index is 0.245. The number of nitriles is 1. The van der Waals surface area contributed by atoms with E-state index in [0.29, 0.717) is 34.8 Å². The zero-order valence-corrected chi connectivity index (χ0v) is 10.9. The summed E-state index contributed by atoms with van der Waals surface area (Å²) in [6, 6.07) is 10.3. The highest BCUT2D eigenvalue weighted by Crippen LogP contribution is 2.28. The molecule has 3 rings (SSSR count). The van der Waals surface area contributed by atoms with Crippen LogP contribution in [0.3, 0.4) is 0 Å². The van der Waals surface area contributed by atoms with Crippen molar-refractivity contribution in [2.45, 2.75) is 6.42 Å². The van der Waals surface area contributed by atoms with E-state index in [1.54, 1.807) is 30.3 Å². The van der Waals surface area contributed by atoms with Crippen LogP contribution >= 0.6 is 0 Å². The lowest BCUT2D eigenvalue weighted by Gasteiger charge is -2.06. The van der Waals surface area contributed by atoms with Crippen molar-refractivity contribution in [3.8, 4) is 11.8 Å². The SMILES string of the molecule is N#Cc1ccc(OC2=Cc3nccc(C(=O)O)c3C2)cc1.